The van der Waals surface area contributed by atoms with Crippen LogP contribution in [0.25, 0.3) is 0 Å². The molecule has 1 aromatic carbocycles. The zero-order valence-electron chi connectivity index (χ0n) is 10.6. The van der Waals surface area contributed by atoms with Gasteiger partial charge in [0, 0.05) is 26.2 Å². The van der Waals surface area contributed by atoms with E-state index in [2.05, 4.69) is 4.90 Å². The van der Waals surface area contributed by atoms with Crippen molar-refractivity contribution in [2.45, 2.75) is 6.04 Å². The molecule has 0 spiro atoms. The van der Waals surface area contributed by atoms with Gasteiger partial charge in [-0.15, -0.1) is 0 Å². The topological polar surface area (TPSA) is 43.8 Å². The number of rotatable bonds is 3. The summed E-state index contributed by atoms with van der Waals surface area (Å²) in [7, 11) is 1.96. The number of halogens is 2. The maximum atomic E-state index is 13.2. The third-order valence-corrected chi connectivity index (χ3v) is 3.40. The second-order valence-electron chi connectivity index (χ2n) is 4.75. The van der Waals surface area contributed by atoms with Crippen molar-refractivity contribution < 1.29 is 18.7 Å². The Kier molecular flexibility index (Phi) is 4.11. The molecule has 1 fully saturated rings. The summed E-state index contributed by atoms with van der Waals surface area (Å²) in [5, 5.41) is 9.33. The molecule has 1 atom stereocenters. The Morgan fingerprint density at radius 3 is 2.37 bits per heavy atom. The average Bonchev–Trinajstić information content (AvgIpc) is 2.36. The van der Waals surface area contributed by atoms with Gasteiger partial charge >= 0.3 is 5.97 Å². The highest BCUT2D eigenvalue weighted by atomic mass is 19.2. The fourth-order valence-corrected chi connectivity index (χ4v) is 2.27. The van der Waals surface area contributed by atoms with E-state index in [1.54, 1.807) is 4.90 Å². The van der Waals surface area contributed by atoms with Crippen molar-refractivity contribution in [3.8, 4) is 0 Å². The molecule has 6 heteroatoms. The summed E-state index contributed by atoms with van der Waals surface area (Å²) in [6.45, 7) is 2.69. The van der Waals surface area contributed by atoms with Crippen molar-refractivity contribution in [2.24, 2.45) is 0 Å². The number of carboxylic acids is 1. The summed E-state index contributed by atoms with van der Waals surface area (Å²) in [6, 6.07) is 2.34. The quantitative estimate of drug-likeness (QED) is 0.900. The van der Waals surface area contributed by atoms with E-state index in [1.165, 1.54) is 6.07 Å². The van der Waals surface area contributed by atoms with Gasteiger partial charge in [0.05, 0.1) is 0 Å². The number of hydrogen-bond acceptors (Lipinski definition) is 3. The summed E-state index contributed by atoms with van der Waals surface area (Å²) in [5.41, 5.74) is 0.274. The van der Waals surface area contributed by atoms with Crippen molar-refractivity contribution >= 4 is 5.97 Å². The first-order valence-electron chi connectivity index (χ1n) is 6.09. The Morgan fingerprint density at radius 2 is 1.84 bits per heavy atom. The molecule has 2 rings (SSSR count). The van der Waals surface area contributed by atoms with E-state index >= 15 is 0 Å². The largest absolute Gasteiger partial charge is 0.480 e. The van der Waals surface area contributed by atoms with Crippen LogP contribution >= 0.6 is 0 Å². The molecule has 19 heavy (non-hydrogen) atoms. The minimum Gasteiger partial charge on any atom is -0.480 e. The predicted octanol–water partition coefficient (Wildman–Crippen LogP) is 1.34. The van der Waals surface area contributed by atoms with E-state index in [-0.39, 0.29) is 5.56 Å². The smallest absolute Gasteiger partial charge is 0.325 e. The molecule has 1 aromatic rings. The highest BCUT2D eigenvalue weighted by Gasteiger charge is 2.30. The standard InChI is InChI=1S/C13H16F2N2O2/c1-16-4-6-17(7-5-16)12(13(18)19)9-2-3-10(14)11(15)8-9/h2-3,8,12H,4-7H2,1H3,(H,18,19). The molecule has 0 bridgehead atoms. The third-order valence-electron chi connectivity index (χ3n) is 3.40. The van der Waals surface area contributed by atoms with Crippen molar-refractivity contribution in [1.82, 2.24) is 9.80 Å². The predicted molar refractivity (Wildman–Crippen MR) is 65.8 cm³/mol. The van der Waals surface area contributed by atoms with E-state index in [4.69, 9.17) is 0 Å². The Morgan fingerprint density at radius 1 is 1.21 bits per heavy atom. The van der Waals surface area contributed by atoms with Crippen LogP contribution in [0.2, 0.25) is 0 Å². The van der Waals surface area contributed by atoms with Gasteiger partial charge in [0.2, 0.25) is 0 Å². The van der Waals surface area contributed by atoms with Crippen LogP contribution in [0.4, 0.5) is 8.78 Å². The third kappa shape index (κ3) is 3.08. The van der Waals surface area contributed by atoms with Gasteiger partial charge in [-0.3, -0.25) is 9.69 Å². The lowest BCUT2D eigenvalue weighted by atomic mass is 10.0. The normalized spacial score (nSPS) is 19.3. The summed E-state index contributed by atoms with van der Waals surface area (Å²) in [6.07, 6.45) is 0. The summed E-state index contributed by atoms with van der Waals surface area (Å²) >= 11 is 0. The Labute approximate surface area is 110 Å². The Hall–Kier alpha value is -1.53. The van der Waals surface area contributed by atoms with Gasteiger partial charge in [-0.2, -0.15) is 0 Å². The molecule has 104 valence electrons. The minimum atomic E-state index is -1.05. The SMILES string of the molecule is CN1CCN(C(C(=O)O)c2ccc(F)c(F)c2)CC1. The van der Waals surface area contributed by atoms with E-state index in [1.807, 2.05) is 7.05 Å². The number of carboxylic acid groups (broad SMARTS) is 1. The fourth-order valence-electron chi connectivity index (χ4n) is 2.27. The molecule has 0 aromatic heterocycles. The van der Waals surface area contributed by atoms with Crippen LogP contribution in [0.15, 0.2) is 18.2 Å². The van der Waals surface area contributed by atoms with Crippen LogP contribution in [0.5, 0.6) is 0 Å². The van der Waals surface area contributed by atoms with E-state index < -0.39 is 23.6 Å². The molecule has 0 aliphatic carbocycles. The maximum Gasteiger partial charge on any atom is 0.325 e. The van der Waals surface area contributed by atoms with Gasteiger partial charge in [-0.1, -0.05) is 6.07 Å². The fraction of sp³-hybridized carbons (Fsp3) is 0.462. The highest BCUT2D eigenvalue weighted by molar-refractivity contribution is 5.75. The number of nitrogens with zero attached hydrogens (tertiary/aromatic N) is 2. The molecule has 0 amide bonds. The van der Waals surface area contributed by atoms with Crippen molar-refractivity contribution in [2.75, 3.05) is 33.2 Å². The lowest BCUT2D eigenvalue weighted by Gasteiger charge is -2.36. The lowest BCUT2D eigenvalue weighted by molar-refractivity contribution is -0.144. The summed E-state index contributed by atoms with van der Waals surface area (Å²) in [4.78, 5) is 15.3. The number of likely N-dealkylation sites (N-methyl/N-ethyl adjacent to an activating group) is 1. The number of hydrogen-bond donors (Lipinski definition) is 1. The zero-order valence-corrected chi connectivity index (χ0v) is 10.6. The number of benzene rings is 1. The molecule has 1 N–H and O–H groups in total. The van der Waals surface area contributed by atoms with Crippen molar-refractivity contribution in [3.05, 3.63) is 35.4 Å². The molecule has 1 unspecified atom stereocenters. The van der Waals surface area contributed by atoms with Gasteiger partial charge in [0.25, 0.3) is 0 Å². The van der Waals surface area contributed by atoms with Gasteiger partial charge < -0.3 is 10.0 Å². The first kappa shape index (κ1) is 13.9. The van der Waals surface area contributed by atoms with Gasteiger partial charge in [-0.25, -0.2) is 8.78 Å². The van der Waals surface area contributed by atoms with Crippen LogP contribution in [-0.4, -0.2) is 54.1 Å². The van der Waals surface area contributed by atoms with Crippen molar-refractivity contribution in [3.63, 3.8) is 0 Å². The Bertz CT molecular complexity index is 474. The number of carbonyl (C=O) groups is 1. The zero-order chi connectivity index (χ0) is 14.0. The average molecular weight is 270 g/mol. The van der Waals surface area contributed by atoms with Crippen LogP contribution in [-0.2, 0) is 4.79 Å². The molecule has 1 heterocycles. The molecule has 0 radical (unpaired) electrons. The van der Waals surface area contributed by atoms with Crippen LogP contribution < -0.4 is 0 Å². The minimum absolute atomic E-state index is 0.274. The molecule has 1 saturated heterocycles. The summed E-state index contributed by atoms with van der Waals surface area (Å²) < 4.78 is 26.2. The molecular weight excluding hydrogens is 254 g/mol. The highest BCUT2D eigenvalue weighted by Crippen LogP contribution is 2.24. The van der Waals surface area contributed by atoms with Gasteiger partial charge in [-0.05, 0) is 24.7 Å². The second-order valence-corrected chi connectivity index (χ2v) is 4.75. The van der Waals surface area contributed by atoms with Gasteiger partial charge in [0.1, 0.15) is 6.04 Å². The molecular formula is C13H16F2N2O2. The van der Waals surface area contributed by atoms with Crippen molar-refractivity contribution in [1.29, 1.82) is 0 Å². The molecule has 1 aliphatic heterocycles. The number of aliphatic carboxylic acids is 1. The van der Waals surface area contributed by atoms with E-state index in [9.17, 15) is 18.7 Å². The van der Waals surface area contributed by atoms with Gasteiger partial charge in [0.15, 0.2) is 11.6 Å². The monoisotopic (exact) mass is 270 g/mol. The second kappa shape index (κ2) is 5.63. The maximum absolute atomic E-state index is 13.2. The van der Waals surface area contributed by atoms with E-state index in [0.717, 1.165) is 25.2 Å². The first-order chi connectivity index (χ1) is 8.99. The Balaban J connectivity index is 2.24. The van der Waals surface area contributed by atoms with Crippen LogP contribution in [0, 0.1) is 11.6 Å². The lowest BCUT2D eigenvalue weighted by Crippen LogP contribution is -2.47. The molecule has 4 nitrogen and oxygen atoms in total. The van der Waals surface area contributed by atoms with Crippen LogP contribution in [0.1, 0.15) is 11.6 Å². The first-order valence-corrected chi connectivity index (χ1v) is 6.09. The number of piperazine rings is 1. The van der Waals surface area contributed by atoms with E-state index in [0.29, 0.717) is 13.1 Å². The molecule has 0 saturated carbocycles. The summed E-state index contributed by atoms with van der Waals surface area (Å²) in [5.74, 6) is -3.03. The molecule has 1 aliphatic rings. The van der Waals surface area contributed by atoms with Crippen LogP contribution in [0.3, 0.4) is 0 Å².